The SMILES string of the molecule is CCCc1nn(C)c(NCCc2ccccn2)c1N. The molecule has 2 rings (SSSR count). The molecule has 0 aliphatic carbocycles. The maximum absolute atomic E-state index is 6.11. The van der Waals surface area contributed by atoms with Gasteiger partial charge in [-0.15, -0.1) is 0 Å². The number of nitrogens with two attached hydrogens (primary N) is 1. The fourth-order valence-electron chi connectivity index (χ4n) is 2.08. The zero-order chi connectivity index (χ0) is 13.7. The minimum atomic E-state index is 0.769. The van der Waals surface area contributed by atoms with E-state index in [1.54, 1.807) is 0 Å². The second-order valence-electron chi connectivity index (χ2n) is 4.58. The normalized spacial score (nSPS) is 10.6. The molecule has 0 aromatic carbocycles. The Balaban J connectivity index is 1.96. The van der Waals surface area contributed by atoms with Crippen LogP contribution in [0.1, 0.15) is 24.7 Å². The van der Waals surface area contributed by atoms with E-state index in [9.17, 15) is 0 Å². The van der Waals surface area contributed by atoms with Crippen LogP contribution in [0.3, 0.4) is 0 Å². The molecule has 2 heterocycles. The standard InChI is InChI=1S/C14H21N5/c1-3-6-12-13(15)14(19(2)18-12)17-10-8-11-7-4-5-9-16-11/h4-5,7,9,17H,3,6,8,10,15H2,1-2H3. The third-order valence-corrected chi connectivity index (χ3v) is 3.05. The molecule has 0 aliphatic heterocycles. The predicted octanol–water partition coefficient (Wildman–Crippen LogP) is 2.00. The van der Waals surface area contributed by atoms with Gasteiger partial charge in [0.2, 0.25) is 0 Å². The third-order valence-electron chi connectivity index (χ3n) is 3.05. The molecule has 5 heteroatoms. The zero-order valence-electron chi connectivity index (χ0n) is 11.6. The second-order valence-corrected chi connectivity index (χ2v) is 4.58. The highest BCUT2D eigenvalue weighted by Gasteiger charge is 2.11. The topological polar surface area (TPSA) is 68.8 Å². The van der Waals surface area contributed by atoms with Crippen LogP contribution < -0.4 is 11.1 Å². The van der Waals surface area contributed by atoms with E-state index in [0.717, 1.165) is 48.7 Å². The van der Waals surface area contributed by atoms with Crippen LogP contribution in [0, 0.1) is 0 Å². The molecular weight excluding hydrogens is 238 g/mol. The molecule has 19 heavy (non-hydrogen) atoms. The number of hydrogen-bond donors (Lipinski definition) is 2. The lowest BCUT2D eigenvalue weighted by Crippen LogP contribution is -2.10. The van der Waals surface area contributed by atoms with Crippen LogP contribution in [0.4, 0.5) is 11.5 Å². The first kappa shape index (κ1) is 13.4. The average molecular weight is 259 g/mol. The van der Waals surface area contributed by atoms with Gasteiger partial charge < -0.3 is 11.1 Å². The van der Waals surface area contributed by atoms with Crippen molar-refractivity contribution in [3.8, 4) is 0 Å². The molecule has 0 aliphatic rings. The van der Waals surface area contributed by atoms with E-state index in [1.807, 2.05) is 36.1 Å². The van der Waals surface area contributed by atoms with Crippen molar-refractivity contribution in [1.29, 1.82) is 0 Å². The number of anilines is 2. The fraction of sp³-hybridized carbons (Fsp3) is 0.429. The van der Waals surface area contributed by atoms with Crippen molar-refractivity contribution in [3.05, 3.63) is 35.8 Å². The summed E-state index contributed by atoms with van der Waals surface area (Å²) in [6, 6.07) is 5.95. The van der Waals surface area contributed by atoms with E-state index >= 15 is 0 Å². The van der Waals surface area contributed by atoms with Crippen LogP contribution >= 0.6 is 0 Å². The Labute approximate surface area is 113 Å². The van der Waals surface area contributed by atoms with Gasteiger partial charge in [-0.1, -0.05) is 19.4 Å². The number of pyridine rings is 1. The highest BCUT2D eigenvalue weighted by molar-refractivity contribution is 5.65. The summed E-state index contributed by atoms with van der Waals surface area (Å²) >= 11 is 0. The first-order valence-electron chi connectivity index (χ1n) is 6.67. The van der Waals surface area contributed by atoms with Crippen molar-refractivity contribution in [2.75, 3.05) is 17.6 Å². The Bertz CT molecular complexity index is 518. The van der Waals surface area contributed by atoms with Gasteiger partial charge >= 0.3 is 0 Å². The molecule has 0 radical (unpaired) electrons. The molecular formula is C14H21N5. The first-order chi connectivity index (χ1) is 9.22. The Morgan fingerprint density at radius 3 is 2.84 bits per heavy atom. The van der Waals surface area contributed by atoms with Crippen LogP contribution in [0.5, 0.6) is 0 Å². The Morgan fingerprint density at radius 2 is 2.16 bits per heavy atom. The summed E-state index contributed by atoms with van der Waals surface area (Å²) in [5.41, 5.74) is 8.93. The number of nitrogen functional groups attached to an aromatic ring is 1. The second kappa shape index (κ2) is 6.22. The van der Waals surface area contributed by atoms with Crippen LogP contribution in [-0.4, -0.2) is 21.3 Å². The van der Waals surface area contributed by atoms with E-state index < -0.39 is 0 Å². The van der Waals surface area contributed by atoms with Crippen molar-refractivity contribution in [2.45, 2.75) is 26.2 Å². The number of hydrogen-bond acceptors (Lipinski definition) is 4. The van der Waals surface area contributed by atoms with Crippen LogP contribution in [0.15, 0.2) is 24.4 Å². The lowest BCUT2D eigenvalue weighted by atomic mass is 10.2. The number of aryl methyl sites for hydroxylation is 2. The smallest absolute Gasteiger partial charge is 0.147 e. The van der Waals surface area contributed by atoms with Gasteiger partial charge in [-0.2, -0.15) is 5.10 Å². The van der Waals surface area contributed by atoms with Gasteiger partial charge in [0.15, 0.2) is 0 Å². The summed E-state index contributed by atoms with van der Waals surface area (Å²) in [6.07, 6.45) is 4.65. The number of rotatable bonds is 6. The maximum atomic E-state index is 6.11. The average Bonchev–Trinajstić information content (AvgIpc) is 2.68. The molecule has 2 aromatic heterocycles. The van der Waals surface area contributed by atoms with Gasteiger partial charge in [-0.25, -0.2) is 0 Å². The molecule has 0 amide bonds. The number of nitrogens with zero attached hydrogens (tertiary/aromatic N) is 3. The number of aromatic nitrogens is 3. The highest BCUT2D eigenvalue weighted by Crippen LogP contribution is 2.22. The van der Waals surface area contributed by atoms with Crippen molar-refractivity contribution in [3.63, 3.8) is 0 Å². The minimum Gasteiger partial charge on any atom is -0.394 e. The van der Waals surface area contributed by atoms with Gasteiger partial charge in [-0.3, -0.25) is 9.67 Å². The van der Waals surface area contributed by atoms with Gasteiger partial charge in [0.05, 0.1) is 11.4 Å². The minimum absolute atomic E-state index is 0.769. The van der Waals surface area contributed by atoms with Gasteiger partial charge in [0, 0.05) is 31.9 Å². The Kier molecular flexibility index (Phi) is 4.39. The van der Waals surface area contributed by atoms with E-state index in [-0.39, 0.29) is 0 Å². The molecule has 5 nitrogen and oxygen atoms in total. The Morgan fingerprint density at radius 1 is 1.32 bits per heavy atom. The van der Waals surface area contributed by atoms with Crippen molar-refractivity contribution < 1.29 is 0 Å². The molecule has 0 bridgehead atoms. The van der Waals surface area contributed by atoms with Gasteiger partial charge in [0.1, 0.15) is 5.82 Å². The summed E-state index contributed by atoms with van der Waals surface area (Å²) in [5, 5.41) is 7.78. The molecule has 0 saturated heterocycles. The van der Waals surface area contributed by atoms with Crippen molar-refractivity contribution in [1.82, 2.24) is 14.8 Å². The Hall–Kier alpha value is -2.04. The van der Waals surface area contributed by atoms with Crippen molar-refractivity contribution in [2.24, 2.45) is 7.05 Å². The zero-order valence-corrected chi connectivity index (χ0v) is 11.6. The molecule has 2 aromatic rings. The quantitative estimate of drug-likeness (QED) is 0.832. The third kappa shape index (κ3) is 3.24. The summed E-state index contributed by atoms with van der Waals surface area (Å²) in [5.74, 6) is 0.902. The molecule has 0 spiro atoms. The van der Waals surface area contributed by atoms with E-state index in [1.165, 1.54) is 0 Å². The molecule has 0 unspecified atom stereocenters. The number of nitrogens with one attached hydrogen (secondary N) is 1. The lowest BCUT2D eigenvalue weighted by Gasteiger charge is -2.07. The monoisotopic (exact) mass is 259 g/mol. The van der Waals surface area contributed by atoms with Crippen molar-refractivity contribution >= 4 is 11.5 Å². The van der Waals surface area contributed by atoms with E-state index in [4.69, 9.17) is 5.73 Å². The summed E-state index contributed by atoms with van der Waals surface area (Å²) in [4.78, 5) is 4.30. The highest BCUT2D eigenvalue weighted by atomic mass is 15.3. The van der Waals surface area contributed by atoms with E-state index in [0.29, 0.717) is 0 Å². The fourth-order valence-corrected chi connectivity index (χ4v) is 2.08. The largest absolute Gasteiger partial charge is 0.394 e. The summed E-state index contributed by atoms with van der Waals surface area (Å²) in [6.45, 7) is 2.93. The summed E-state index contributed by atoms with van der Waals surface area (Å²) < 4.78 is 1.82. The first-order valence-corrected chi connectivity index (χ1v) is 6.67. The van der Waals surface area contributed by atoms with Gasteiger partial charge in [-0.05, 0) is 18.6 Å². The maximum Gasteiger partial charge on any atom is 0.147 e. The van der Waals surface area contributed by atoms with E-state index in [2.05, 4.69) is 22.3 Å². The lowest BCUT2D eigenvalue weighted by molar-refractivity contribution is 0.734. The van der Waals surface area contributed by atoms with Crippen LogP contribution in [-0.2, 0) is 19.9 Å². The molecule has 0 saturated carbocycles. The van der Waals surface area contributed by atoms with Crippen LogP contribution in [0.2, 0.25) is 0 Å². The predicted molar refractivity (Wildman–Crippen MR) is 78.0 cm³/mol. The molecule has 3 N–H and O–H groups in total. The summed E-state index contributed by atoms with van der Waals surface area (Å²) in [7, 11) is 1.92. The molecule has 0 atom stereocenters. The van der Waals surface area contributed by atoms with Gasteiger partial charge in [0.25, 0.3) is 0 Å². The molecule has 0 fully saturated rings. The molecule has 102 valence electrons. The van der Waals surface area contributed by atoms with Crippen LogP contribution in [0.25, 0.3) is 0 Å².